The van der Waals surface area contributed by atoms with Gasteiger partial charge in [0.25, 0.3) is 0 Å². The predicted molar refractivity (Wildman–Crippen MR) is 66.5 cm³/mol. The molecular formula is C11H21N5. The van der Waals surface area contributed by atoms with Gasteiger partial charge in [0.05, 0.1) is 6.33 Å². The number of guanidine groups is 1. The van der Waals surface area contributed by atoms with Gasteiger partial charge in [-0.3, -0.25) is 4.99 Å². The number of aliphatic imine (C=N–C) groups is 1. The quantitative estimate of drug-likeness (QED) is 0.427. The lowest BCUT2D eigenvalue weighted by Crippen LogP contribution is -2.39. The molecule has 0 amide bonds. The second-order valence-corrected chi connectivity index (χ2v) is 3.58. The average molecular weight is 223 g/mol. The minimum absolute atomic E-state index is 0.849. The summed E-state index contributed by atoms with van der Waals surface area (Å²) in [6.07, 6.45) is 7.92. The molecule has 1 heterocycles. The minimum atomic E-state index is 0.849. The van der Waals surface area contributed by atoms with Crippen LogP contribution in [-0.2, 0) is 6.54 Å². The third-order valence-electron chi connectivity index (χ3n) is 2.27. The molecule has 0 unspecified atom stereocenters. The summed E-state index contributed by atoms with van der Waals surface area (Å²) in [4.78, 5) is 8.14. The molecule has 0 atom stereocenters. The number of rotatable bonds is 6. The lowest BCUT2D eigenvalue weighted by atomic mass is 10.3. The zero-order chi connectivity index (χ0) is 11.6. The zero-order valence-corrected chi connectivity index (χ0v) is 10.1. The van der Waals surface area contributed by atoms with E-state index in [2.05, 4.69) is 27.5 Å². The molecule has 1 aromatic heterocycles. The predicted octanol–water partition coefficient (Wildman–Crippen LogP) is 0.848. The van der Waals surface area contributed by atoms with Crippen LogP contribution in [0.3, 0.4) is 0 Å². The first kappa shape index (κ1) is 12.5. The summed E-state index contributed by atoms with van der Waals surface area (Å²) in [7, 11) is 1.79. The minimum Gasteiger partial charge on any atom is -0.356 e. The molecule has 0 fully saturated rings. The Morgan fingerprint density at radius 1 is 1.38 bits per heavy atom. The van der Waals surface area contributed by atoms with Gasteiger partial charge in [-0.15, -0.1) is 0 Å². The fourth-order valence-corrected chi connectivity index (χ4v) is 1.33. The Hall–Kier alpha value is -1.52. The van der Waals surface area contributed by atoms with E-state index in [1.807, 2.05) is 17.1 Å². The molecule has 1 aromatic rings. The van der Waals surface area contributed by atoms with Gasteiger partial charge in [0.15, 0.2) is 5.96 Å². The molecule has 0 saturated heterocycles. The van der Waals surface area contributed by atoms with E-state index in [4.69, 9.17) is 0 Å². The molecule has 0 aliphatic carbocycles. The summed E-state index contributed by atoms with van der Waals surface area (Å²) in [6.45, 7) is 4.90. The van der Waals surface area contributed by atoms with Crippen molar-refractivity contribution in [1.29, 1.82) is 0 Å². The van der Waals surface area contributed by atoms with Gasteiger partial charge in [0.1, 0.15) is 0 Å². The average Bonchev–Trinajstić information content (AvgIpc) is 2.80. The molecule has 1 rings (SSSR count). The topological polar surface area (TPSA) is 54.2 Å². The second-order valence-electron chi connectivity index (χ2n) is 3.58. The Labute approximate surface area is 97.0 Å². The lowest BCUT2D eigenvalue weighted by molar-refractivity contribution is 0.656. The Bertz CT molecular complexity index is 291. The zero-order valence-electron chi connectivity index (χ0n) is 10.1. The van der Waals surface area contributed by atoms with Gasteiger partial charge >= 0.3 is 0 Å². The van der Waals surface area contributed by atoms with E-state index in [9.17, 15) is 0 Å². The van der Waals surface area contributed by atoms with Gasteiger partial charge < -0.3 is 15.2 Å². The maximum atomic E-state index is 4.15. The number of hydrogen-bond donors (Lipinski definition) is 2. The van der Waals surface area contributed by atoms with Crippen molar-refractivity contribution in [2.75, 3.05) is 20.1 Å². The van der Waals surface area contributed by atoms with Crippen LogP contribution in [0.25, 0.3) is 0 Å². The smallest absolute Gasteiger partial charge is 0.191 e. The van der Waals surface area contributed by atoms with Crippen LogP contribution in [0, 0.1) is 0 Å². The van der Waals surface area contributed by atoms with Crippen LogP contribution >= 0.6 is 0 Å². The third kappa shape index (κ3) is 4.82. The number of unbranched alkanes of at least 4 members (excludes halogenated alkanes) is 1. The van der Waals surface area contributed by atoms with Crippen molar-refractivity contribution in [1.82, 2.24) is 20.2 Å². The standard InChI is InChI=1S/C11H21N5/c1-3-4-5-14-11(12-2)15-7-9-16-8-6-13-10-16/h6,8,10H,3-5,7,9H2,1-2H3,(H2,12,14,15). The maximum absolute atomic E-state index is 4.15. The summed E-state index contributed by atoms with van der Waals surface area (Å²) >= 11 is 0. The number of nitrogens with zero attached hydrogens (tertiary/aromatic N) is 3. The van der Waals surface area contributed by atoms with E-state index in [1.54, 1.807) is 13.2 Å². The first-order valence-electron chi connectivity index (χ1n) is 5.77. The third-order valence-corrected chi connectivity index (χ3v) is 2.27. The Kier molecular flexibility index (Phi) is 6.06. The molecule has 0 radical (unpaired) electrons. The second kappa shape index (κ2) is 7.73. The van der Waals surface area contributed by atoms with Crippen molar-refractivity contribution in [3.05, 3.63) is 18.7 Å². The van der Waals surface area contributed by atoms with Crippen molar-refractivity contribution in [2.24, 2.45) is 4.99 Å². The summed E-state index contributed by atoms with van der Waals surface area (Å²) < 4.78 is 2.03. The number of imidazole rings is 1. The van der Waals surface area contributed by atoms with Gasteiger partial charge in [0, 0.05) is 39.1 Å². The van der Waals surface area contributed by atoms with Crippen LogP contribution in [0.1, 0.15) is 19.8 Å². The molecule has 90 valence electrons. The van der Waals surface area contributed by atoms with E-state index in [1.165, 1.54) is 12.8 Å². The Morgan fingerprint density at radius 2 is 2.19 bits per heavy atom. The highest BCUT2D eigenvalue weighted by atomic mass is 15.2. The highest BCUT2D eigenvalue weighted by molar-refractivity contribution is 5.79. The van der Waals surface area contributed by atoms with Crippen LogP contribution in [-0.4, -0.2) is 35.6 Å². The molecule has 5 nitrogen and oxygen atoms in total. The number of hydrogen-bond acceptors (Lipinski definition) is 2. The lowest BCUT2D eigenvalue weighted by Gasteiger charge is -2.11. The van der Waals surface area contributed by atoms with Gasteiger partial charge in [-0.2, -0.15) is 0 Å². The normalized spacial score (nSPS) is 11.5. The van der Waals surface area contributed by atoms with E-state index in [0.29, 0.717) is 0 Å². The molecule has 0 aliphatic rings. The summed E-state index contributed by atoms with van der Waals surface area (Å²) in [6, 6.07) is 0. The van der Waals surface area contributed by atoms with Crippen LogP contribution in [0.5, 0.6) is 0 Å². The molecular weight excluding hydrogens is 202 g/mol. The van der Waals surface area contributed by atoms with E-state index >= 15 is 0 Å². The molecule has 0 bridgehead atoms. The van der Waals surface area contributed by atoms with Gasteiger partial charge in [-0.05, 0) is 6.42 Å². The van der Waals surface area contributed by atoms with Crippen molar-refractivity contribution < 1.29 is 0 Å². The van der Waals surface area contributed by atoms with Crippen molar-refractivity contribution in [3.8, 4) is 0 Å². The SMILES string of the molecule is CCCCNC(=NC)NCCn1ccnc1. The van der Waals surface area contributed by atoms with E-state index in [-0.39, 0.29) is 0 Å². The van der Waals surface area contributed by atoms with Crippen LogP contribution in [0.2, 0.25) is 0 Å². The first-order chi connectivity index (χ1) is 7.86. The first-order valence-corrected chi connectivity index (χ1v) is 5.77. The van der Waals surface area contributed by atoms with Gasteiger partial charge in [0.2, 0.25) is 0 Å². The summed E-state index contributed by atoms with van der Waals surface area (Å²) in [5, 5.41) is 6.52. The van der Waals surface area contributed by atoms with Gasteiger partial charge in [-0.1, -0.05) is 13.3 Å². The van der Waals surface area contributed by atoms with Gasteiger partial charge in [-0.25, -0.2) is 4.98 Å². The molecule has 5 heteroatoms. The summed E-state index contributed by atoms with van der Waals surface area (Å²) in [5.41, 5.74) is 0. The van der Waals surface area contributed by atoms with Crippen LogP contribution < -0.4 is 10.6 Å². The molecule has 0 aromatic carbocycles. The Morgan fingerprint density at radius 3 is 2.81 bits per heavy atom. The monoisotopic (exact) mass is 223 g/mol. The summed E-state index contributed by atoms with van der Waals surface area (Å²) in [5.74, 6) is 0.869. The molecule has 2 N–H and O–H groups in total. The van der Waals surface area contributed by atoms with Crippen molar-refractivity contribution in [2.45, 2.75) is 26.3 Å². The maximum Gasteiger partial charge on any atom is 0.191 e. The largest absolute Gasteiger partial charge is 0.356 e. The Balaban J connectivity index is 2.14. The molecule has 0 spiro atoms. The fourth-order valence-electron chi connectivity index (χ4n) is 1.33. The van der Waals surface area contributed by atoms with Crippen molar-refractivity contribution >= 4 is 5.96 Å². The van der Waals surface area contributed by atoms with E-state index in [0.717, 1.165) is 25.6 Å². The highest BCUT2D eigenvalue weighted by Crippen LogP contribution is 1.84. The van der Waals surface area contributed by atoms with E-state index < -0.39 is 0 Å². The highest BCUT2D eigenvalue weighted by Gasteiger charge is 1.95. The molecule has 16 heavy (non-hydrogen) atoms. The number of nitrogens with one attached hydrogen (secondary N) is 2. The molecule has 0 aliphatic heterocycles. The van der Waals surface area contributed by atoms with Crippen LogP contribution in [0.4, 0.5) is 0 Å². The fraction of sp³-hybridized carbons (Fsp3) is 0.636. The number of aromatic nitrogens is 2. The van der Waals surface area contributed by atoms with Crippen LogP contribution in [0.15, 0.2) is 23.7 Å². The van der Waals surface area contributed by atoms with Crippen molar-refractivity contribution in [3.63, 3.8) is 0 Å². The molecule has 0 saturated carbocycles.